The second-order valence-corrected chi connectivity index (χ2v) is 12.2. The lowest BCUT2D eigenvalue weighted by Gasteiger charge is -2.35. The van der Waals surface area contributed by atoms with E-state index in [0.717, 1.165) is 35.8 Å². The summed E-state index contributed by atoms with van der Waals surface area (Å²) in [6.07, 6.45) is 6.92. The van der Waals surface area contributed by atoms with Crippen molar-refractivity contribution >= 4 is 46.7 Å². The molecule has 3 atom stereocenters. The maximum absolute atomic E-state index is 13.9. The zero-order valence-corrected chi connectivity index (χ0v) is 27.1. The van der Waals surface area contributed by atoms with E-state index in [1.54, 1.807) is 13.3 Å². The van der Waals surface area contributed by atoms with Gasteiger partial charge >= 0.3 is 0 Å². The Morgan fingerprint density at radius 2 is 1.86 bits per heavy atom. The van der Waals surface area contributed by atoms with Gasteiger partial charge in [0, 0.05) is 37.8 Å². The molecule has 1 heterocycles. The highest BCUT2D eigenvalue weighted by molar-refractivity contribution is 7.89. The number of aromatic nitrogens is 1. The van der Waals surface area contributed by atoms with Crippen LogP contribution in [0, 0.1) is 5.82 Å². The molecule has 2 amide bonds. The van der Waals surface area contributed by atoms with Gasteiger partial charge < -0.3 is 15.4 Å². The van der Waals surface area contributed by atoms with Crippen LogP contribution < -0.4 is 20.1 Å². The highest BCUT2D eigenvalue weighted by atomic mass is 35.5. The van der Waals surface area contributed by atoms with Gasteiger partial charge in [-0.3, -0.25) is 14.6 Å². The summed E-state index contributed by atoms with van der Waals surface area (Å²) in [5.41, 5.74) is 3.39. The zero-order valence-electron chi connectivity index (χ0n) is 24.6. The molecule has 3 aromatic rings. The lowest BCUT2D eigenvalue weighted by molar-refractivity contribution is -0.129. The number of hydrogen-bond donors (Lipinski definition) is 3. The number of halogens is 3. The van der Waals surface area contributed by atoms with Crippen LogP contribution in [0.1, 0.15) is 55.2 Å². The number of methoxy groups -OCH3 is 1. The van der Waals surface area contributed by atoms with E-state index in [1.165, 1.54) is 30.7 Å². The van der Waals surface area contributed by atoms with Gasteiger partial charge in [0.25, 0.3) is 0 Å². The molecule has 13 heteroatoms. The van der Waals surface area contributed by atoms with Crippen molar-refractivity contribution in [2.75, 3.05) is 13.7 Å². The number of ether oxygens (including phenoxy) is 1. The maximum atomic E-state index is 13.9. The van der Waals surface area contributed by atoms with E-state index in [1.807, 2.05) is 30.5 Å². The number of rotatable bonds is 13. The lowest BCUT2D eigenvalue weighted by atomic mass is 9.76. The van der Waals surface area contributed by atoms with Crippen molar-refractivity contribution in [3.8, 4) is 5.75 Å². The third-order valence-corrected chi connectivity index (χ3v) is 8.99. The molecule has 240 valence electrons. The lowest BCUT2D eigenvalue weighted by Crippen LogP contribution is -2.51. The molecule has 1 aliphatic carbocycles. The fourth-order valence-corrected chi connectivity index (χ4v) is 6.58. The van der Waals surface area contributed by atoms with Gasteiger partial charge in [-0.1, -0.05) is 24.3 Å². The van der Waals surface area contributed by atoms with E-state index in [2.05, 4.69) is 26.4 Å². The molecule has 0 spiro atoms. The third-order valence-electron chi connectivity index (χ3n) is 7.50. The molecule has 1 aliphatic rings. The molecule has 0 bridgehead atoms. The number of sulfonamides is 1. The Kier molecular flexibility index (Phi) is 14.5. The highest BCUT2D eigenvalue weighted by Crippen LogP contribution is 2.36. The van der Waals surface area contributed by atoms with Crippen LogP contribution in [-0.2, 0) is 32.5 Å². The third kappa shape index (κ3) is 9.88. The van der Waals surface area contributed by atoms with Crippen LogP contribution in [-0.4, -0.2) is 51.0 Å². The molecule has 0 radical (unpaired) electrons. The van der Waals surface area contributed by atoms with Gasteiger partial charge in [-0.15, -0.1) is 24.8 Å². The van der Waals surface area contributed by atoms with Crippen LogP contribution in [0.15, 0.2) is 71.9 Å². The fraction of sp³-hybridized carbons (Fsp3) is 0.387. The highest BCUT2D eigenvalue weighted by Gasteiger charge is 2.33. The van der Waals surface area contributed by atoms with Gasteiger partial charge in [-0.25, -0.2) is 17.5 Å². The Morgan fingerprint density at radius 3 is 2.55 bits per heavy atom. The number of nitrogens with zero attached hydrogens (tertiary/aromatic N) is 1. The Bertz CT molecular complexity index is 1500. The number of aryl methyl sites for hydroxylation is 1. The van der Waals surface area contributed by atoms with Crippen molar-refractivity contribution in [2.45, 2.75) is 68.3 Å². The van der Waals surface area contributed by atoms with E-state index in [9.17, 15) is 22.4 Å². The molecule has 0 saturated heterocycles. The van der Waals surface area contributed by atoms with Gasteiger partial charge in [0.1, 0.15) is 22.5 Å². The SMILES string of the molecule is COc1ccc2c(c1)CC[C@H](NC(=O)[C@H](CCCCNS(=O)(=O)c1ccccc1F)NC(C)=O)[C@@H]2Cc1cccnc1.Cl.Cl. The van der Waals surface area contributed by atoms with Gasteiger partial charge in [0.2, 0.25) is 21.8 Å². The first kappa shape index (κ1) is 36.9. The Labute approximate surface area is 270 Å². The summed E-state index contributed by atoms with van der Waals surface area (Å²) in [6.45, 7) is 1.43. The largest absolute Gasteiger partial charge is 0.497 e. The minimum absolute atomic E-state index is 0. The monoisotopic (exact) mass is 668 g/mol. The number of amides is 2. The smallest absolute Gasteiger partial charge is 0.243 e. The number of carbonyl (C=O) groups is 2. The summed E-state index contributed by atoms with van der Waals surface area (Å²) < 4.78 is 46.6. The molecule has 1 aromatic heterocycles. The van der Waals surface area contributed by atoms with Gasteiger partial charge in [0.15, 0.2) is 0 Å². The quantitative estimate of drug-likeness (QED) is 0.231. The summed E-state index contributed by atoms with van der Waals surface area (Å²) in [7, 11) is -2.35. The summed E-state index contributed by atoms with van der Waals surface area (Å²) in [6, 6.07) is 14.2. The molecule has 9 nitrogen and oxygen atoms in total. The van der Waals surface area contributed by atoms with Crippen molar-refractivity contribution in [1.29, 1.82) is 0 Å². The molecule has 0 saturated carbocycles. The molecule has 4 rings (SSSR count). The number of unbranched alkanes of at least 4 members (excludes halogenated alkanes) is 1. The first-order chi connectivity index (χ1) is 20.2. The van der Waals surface area contributed by atoms with Crippen LogP contribution in [0.25, 0.3) is 0 Å². The fourth-order valence-electron chi connectivity index (χ4n) is 5.43. The van der Waals surface area contributed by atoms with Crippen molar-refractivity contribution in [3.63, 3.8) is 0 Å². The average Bonchev–Trinajstić information content (AvgIpc) is 2.97. The van der Waals surface area contributed by atoms with Crippen molar-refractivity contribution in [3.05, 3.63) is 89.5 Å². The molecular weight excluding hydrogens is 630 g/mol. The first-order valence-corrected chi connectivity index (χ1v) is 15.5. The summed E-state index contributed by atoms with van der Waals surface area (Å²) in [5, 5.41) is 5.94. The Balaban J connectivity index is 0.00000337. The van der Waals surface area contributed by atoms with E-state index in [4.69, 9.17) is 4.74 Å². The van der Waals surface area contributed by atoms with E-state index < -0.39 is 26.8 Å². The van der Waals surface area contributed by atoms with Crippen LogP contribution in [0.3, 0.4) is 0 Å². The van der Waals surface area contributed by atoms with Gasteiger partial charge in [-0.05, 0) is 85.5 Å². The first-order valence-electron chi connectivity index (χ1n) is 14.1. The van der Waals surface area contributed by atoms with Crippen LogP contribution in [0.2, 0.25) is 0 Å². The number of carbonyl (C=O) groups excluding carboxylic acids is 2. The summed E-state index contributed by atoms with van der Waals surface area (Å²) in [4.78, 5) is 29.3. The molecule has 0 unspecified atom stereocenters. The summed E-state index contributed by atoms with van der Waals surface area (Å²) in [5.74, 6) is -0.644. The minimum Gasteiger partial charge on any atom is -0.497 e. The van der Waals surface area contributed by atoms with E-state index in [0.29, 0.717) is 25.7 Å². The second-order valence-electron chi connectivity index (χ2n) is 10.5. The predicted octanol–water partition coefficient (Wildman–Crippen LogP) is 4.48. The molecule has 0 aliphatic heterocycles. The van der Waals surface area contributed by atoms with Gasteiger partial charge in [0.05, 0.1) is 7.11 Å². The van der Waals surface area contributed by atoms with E-state index >= 15 is 0 Å². The van der Waals surface area contributed by atoms with Crippen molar-refractivity contribution in [2.24, 2.45) is 0 Å². The number of hydrogen-bond acceptors (Lipinski definition) is 6. The van der Waals surface area contributed by atoms with E-state index in [-0.39, 0.29) is 55.1 Å². The molecule has 44 heavy (non-hydrogen) atoms. The number of fused-ring (bicyclic) bond motifs is 1. The van der Waals surface area contributed by atoms with Crippen LogP contribution >= 0.6 is 24.8 Å². The number of pyridine rings is 1. The van der Waals surface area contributed by atoms with Crippen LogP contribution in [0.4, 0.5) is 4.39 Å². The second kappa shape index (κ2) is 17.3. The Morgan fingerprint density at radius 1 is 1.09 bits per heavy atom. The molecule has 2 aromatic carbocycles. The molecule has 3 N–H and O–H groups in total. The Hall–Kier alpha value is -3.25. The summed E-state index contributed by atoms with van der Waals surface area (Å²) >= 11 is 0. The average molecular weight is 670 g/mol. The normalized spacial score (nSPS) is 16.3. The molecule has 0 fully saturated rings. The zero-order chi connectivity index (χ0) is 30.1. The van der Waals surface area contributed by atoms with Gasteiger partial charge in [-0.2, -0.15) is 0 Å². The molecular formula is C31H39Cl2FN4O5S. The number of nitrogens with one attached hydrogen (secondary N) is 3. The van der Waals surface area contributed by atoms with Crippen molar-refractivity contribution in [1.82, 2.24) is 20.3 Å². The minimum atomic E-state index is -3.99. The number of benzene rings is 2. The van der Waals surface area contributed by atoms with Crippen molar-refractivity contribution < 1.29 is 27.1 Å². The van der Waals surface area contributed by atoms with Crippen LogP contribution in [0.5, 0.6) is 5.75 Å². The topological polar surface area (TPSA) is 126 Å². The predicted molar refractivity (Wildman–Crippen MR) is 171 cm³/mol. The maximum Gasteiger partial charge on any atom is 0.243 e. The standard InChI is InChI=1S/C31H37FN4O5S.2ClH/c1-21(37)35-29(10-5-6-17-34-42(39,40)30-11-4-3-9-27(30)32)31(38)36-28-15-12-23-19-24(41-2)13-14-25(23)26(28)18-22-8-7-16-33-20-22;;/h3-4,7-9,11,13-14,16,19-20,26,28-29,34H,5-6,10,12,15,17-18H2,1-2H3,(H,35,37)(H,36,38);2*1H/t26-,28+,29+;;/m1../s1.